The quantitative estimate of drug-likeness (QED) is 0.836. The Morgan fingerprint density at radius 2 is 1.85 bits per heavy atom. The van der Waals surface area contributed by atoms with E-state index in [0.717, 1.165) is 25.9 Å². The molecule has 1 saturated heterocycles. The van der Waals surface area contributed by atoms with Gasteiger partial charge < -0.3 is 20.3 Å². The highest BCUT2D eigenvalue weighted by Crippen LogP contribution is 2.14. The number of amides is 2. The second-order valence-electron chi connectivity index (χ2n) is 7.24. The first-order valence-corrected chi connectivity index (χ1v) is 8.97. The van der Waals surface area contributed by atoms with E-state index in [0.29, 0.717) is 17.3 Å². The van der Waals surface area contributed by atoms with Crippen molar-refractivity contribution in [1.82, 2.24) is 19.5 Å². The zero-order valence-corrected chi connectivity index (χ0v) is 16.6. The van der Waals surface area contributed by atoms with Crippen molar-refractivity contribution in [3.05, 3.63) is 18.3 Å². The minimum Gasteiger partial charge on any atom is -0.444 e. The standard InChI is InChI=1S/C9H11N5O.C9H17NO2/c1-6(15)12-9-5-11-8-4-3-7(10-2)13-14(8)9;1-9(2,3)12-8(11)10-6-4-5-7-10/h3-5H,1-2H3,(H,10,13)(H,12,15);4-7H2,1-3H3. The fourth-order valence-electron chi connectivity index (χ4n) is 2.50. The van der Waals surface area contributed by atoms with Crippen molar-refractivity contribution in [2.24, 2.45) is 0 Å². The third-order valence-electron chi connectivity index (χ3n) is 3.68. The van der Waals surface area contributed by atoms with Crippen LogP contribution in [-0.2, 0) is 9.53 Å². The van der Waals surface area contributed by atoms with Crippen LogP contribution in [-0.4, -0.2) is 57.2 Å². The summed E-state index contributed by atoms with van der Waals surface area (Å²) in [7, 11) is 1.78. The van der Waals surface area contributed by atoms with Gasteiger partial charge in [0.25, 0.3) is 0 Å². The van der Waals surface area contributed by atoms with Gasteiger partial charge >= 0.3 is 6.09 Å². The van der Waals surface area contributed by atoms with Gasteiger partial charge in [-0.15, -0.1) is 5.10 Å². The molecule has 0 unspecified atom stereocenters. The highest BCUT2D eigenvalue weighted by Gasteiger charge is 2.23. The van der Waals surface area contributed by atoms with Crippen LogP contribution in [0.5, 0.6) is 0 Å². The molecule has 0 radical (unpaired) electrons. The topological polar surface area (TPSA) is 101 Å². The smallest absolute Gasteiger partial charge is 0.410 e. The third-order valence-corrected chi connectivity index (χ3v) is 3.68. The predicted molar refractivity (Wildman–Crippen MR) is 104 cm³/mol. The molecule has 0 spiro atoms. The summed E-state index contributed by atoms with van der Waals surface area (Å²) in [5.41, 5.74) is 0.331. The lowest BCUT2D eigenvalue weighted by Gasteiger charge is -2.23. The van der Waals surface area contributed by atoms with E-state index in [4.69, 9.17) is 4.74 Å². The molecule has 2 aromatic heterocycles. The van der Waals surface area contributed by atoms with Gasteiger partial charge in [0.05, 0.1) is 6.20 Å². The third kappa shape index (κ3) is 6.12. The maximum atomic E-state index is 11.4. The molecule has 0 aliphatic carbocycles. The van der Waals surface area contributed by atoms with E-state index in [1.54, 1.807) is 22.7 Å². The van der Waals surface area contributed by atoms with Gasteiger partial charge in [-0.05, 0) is 45.7 Å². The van der Waals surface area contributed by atoms with E-state index < -0.39 is 0 Å². The molecular weight excluding hydrogens is 348 g/mol. The number of carbonyl (C=O) groups is 2. The number of fused-ring (bicyclic) bond motifs is 1. The second kappa shape index (κ2) is 8.70. The molecule has 0 atom stereocenters. The zero-order chi connectivity index (χ0) is 20.0. The van der Waals surface area contributed by atoms with Crippen LogP contribution in [0, 0.1) is 0 Å². The Labute approximate surface area is 159 Å². The number of rotatable bonds is 2. The molecule has 2 aromatic rings. The molecule has 0 bridgehead atoms. The molecule has 27 heavy (non-hydrogen) atoms. The number of nitrogens with one attached hydrogen (secondary N) is 2. The molecule has 148 valence electrons. The average Bonchev–Trinajstić information content (AvgIpc) is 3.23. The second-order valence-corrected chi connectivity index (χ2v) is 7.24. The number of imidazole rings is 1. The number of hydrogen-bond donors (Lipinski definition) is 2. The lowest BCUT2D eigenvalue weighted by Crippen LogP contribution is -2.34. The number of nitrogens with zero attached hydrogens (tertiary/aromatic N) is 4. The first kappa shape index (κ1) is 20.5. The Balaban J connectivity index is 0.000000199. The summed E-state index contributed by atoms with van der Waals surface area (Å²) >= 11 is 0. The number of ether oxygens (including phenoxy) is 1. The Hall–Kier alpha value is -2.84. The number of aromatic nitrogens is 3. The largest absolute Gasteiger partial charge is 0.444 e. The van der Waals surface area contributed by atoms with Crippen molar-refractivity contribution in [3.63, 3.8) is 0 Å². The van der Waals surface area contributed by atoms with Gasteiger partial charge in [-0.3, -0.25) is 4.79 Å². The monoisotopic (exact) mass is 376 g/mol. The van der Waals surface area contributed by atoms with E-state index in [1.807, 2.05) is 32.9 Å². The summed E-state index contributed by atoms with van der Waals surface area (Å²) in [4.78, 5) is 28.2. The number of carbonyl (C=O) groups excluding carboxylic acids is 2. The van der Waals surface area contributed by atoms with Crippen LogP contribution in [0.3, 0.4) is 0 Å². The van der Waals surface area contributed by atoms with Crippen molar-refractivity contribution < 1.29 is 14.3 Å². The van der Waals surface area contributed by atoms with Crippen molar-refractivity contribution in [2.45, 2.75) is 46.1 Å². The zero-order valence-electron chi connectivity index (χ0n) is 16.6. The predicted octanol–water partition coefficient (Wildman–Crippen LogP) is 2.75. The molecule has 1 aliphatic heterocycles. The number of hydrogen-bond acceptors (Lipinski definition) is 6. The van der Waals surface area contributed by atoms with Crippen LogP contribution in [0.1, 0.15) is 40.5 Å². The Morgan fingerprint density at radius 3 is 2.41 bits per heavy atom. The van der Waals surface area contributed by atoms with Crippen molar-refractivity contribution >= 4 is 29.3 Å². The van der Waals surface area contributed by atoms with E-state index in [2.05, 4.69) is 20.7 Å². The Kier molecular flexibility index (Phi) is 6.59. The normalized spacial score (nSPS) is 13.7. The molecule has 1 fully saturated rings. The summed E-state index contributed by atoms with van der Waals surface area (Å²) < 4.78 is 6.79. The van der Waals surface area contributed by atoms with Gasteiger partial charge in [-0.25, -0.2) is 9.78 Å². The maximum Gasteiger partial charge on any atom is 0.410 e. The van der Waals surface area contributed by atoms with Gasteiger partial charge in [-0.1, -0.05) is 0 Å². The van der Waals surface area contributed by atoms with E-state index >= 15 is 0 Å². The summed E-state index contributed by atoms with van der Waals surface area (Å²) in [5.74, 6) is 1.13. The highest BCUT2D eigenvalue weighted by atomic mass is 16.6. The van der Waals surface area contributed by atoms with Crippen molar-refractivity contribution in [3.8, 4) is 0 Å². The van der Waals surface area contributed by atoms with Crippen LogP contribution in [0.4, 0.5) is 16.4 Å². The molecule has 9 heteroatoms. The fraction of sp³-hybridized carbons (Fsp3) is 0.556. The van der Waals surface area contributed by atoms with Crippen molar-refractivity contribution in [2.75, 3.05) is 30.8 Å². The van der Waals surface area contributed by atoms with Gasteiger partial charge in [0, 0.05) is 27.1 Å². The van der Waals surface area contributed by atoms with Gasteiger partial charge in [-0.2, -0.15) is 4.52 Å². The first-order valence-electron chi connectivity index (χ1n) is 8.97. The van der Waals surface area contributed by atoms with E-state index in [9.17, 15) is 9.59 Å². The average molecular weight is 376 g/mol. The van der Waals surface area contributed by atoms with Crippen LogP contribution in [0.15, 0.2) is 18.3 Å². The molecule has 9 nitrogen and oxygen atoms in total. The molecular formula is C18H28N6O3. The summed E-state index contributed by atoms with van der Waals surface area (Å²) in [6.07, 6.45) is 3.63. The SMILES string of the molecule is CC(C)(C)OC(=O)N1CCCC1.CNc1ccc2ncc(NC(C)=O)n2n1. The molecule has 2 N–H and O–H groups in total. The van der Waals surface area contributed by atoms with Crippen LogP contribution < -0.4 is 10.6 Å². The van der Waals surface area contributed by atoms with Crippen LogP contribution in [0.25, 0.3) is 5.65 Å². The lowest BCUT2D eigenvalue weighted by molar-refractivity contribution is -0.114. The molecule has 1 aliphatic rings. The highest BCUT2D eigenvalue weighted by molar-refractivity contribution is 5.88. The minimum absolute atomic E-state index is 0.145. The minimum atomic E-state index is -0.361. The molecule has 3 rings (SSSR count). The van der Waals surface area contributed by atoms with E-state index in [-0.39, 0.29) is 17.6 Å². The van der Waals surface area contributed by atoms with Gasteiger partial charge in [0.15, 0.2) is 11.5 Å². The maximum absolute atomic E-state index is 11.4. The summed E-state index contributed by atoms with van der Waals surface area (Å²) in [5, 5.41) is 9.80. The molecule has 2 amide bonds. The lowest BCUT2D eigenvalue weighted by atomic mass is 10.2. The van der Waals surface area contributed by atoms with Gasteiger partial charge in [0.2, 0.25) is 5.91 Å². The van der Waals surface area contributed by atoms with Crippen LogP contribution in [0.2, 0.25) is 0 Å². The number of likely N-dealkylation sites (tertiary alicyclic amines) is 1. The Bertz CT molecular complexity index is 790. The number of anilines is 2. The first-order chi connectivity index (χ1) is 12.7. The van der Waals surface area contributed by atoms with Crippen molar-refractivity contribution in [1.29, 1.82) is 0 Å². The fourth-order valence-corrected chi connectivity index (χ4v) is 2.50. The Morgan fingerprint density at radius 1 is 1.19 bits per heavy atom. The molecule has 0 aromatic carbocycles. The molecule has 3 heterocycles. The van der Waals surface area contributed by atoms with Crippen LogP contribution >= 0.6 is 0 Å². The van der Waals surface area contributed by atoms with Gasteiger partial charge in [0.1, 0.15) is 11.4 Å². The van der Waals surface area contributed by atoms with E-state index in [1.165, 1.54) is 6.92 Å². The molecule has 0 saturated carbocycles. The summed E-state index contributed by atoms with van der Waals surface area (Å²) in [6, 6.07) is 3.64. The summed E-state index contributed by atoms with van der Waals surface area (Å²) in [6.45, 7) is 8.83.